The molecule has 1 atom stereocenters. The van der Waals surface area contributed by atoms with Gasteiger partial charge in [-0.25, -0.2) is 0 Å². The van der Waals surface area contributed by atoms with E-state index in [1.54, 1.807) is 21.1 Å². The number of carbonyl (C=O) groups excluding carboxylic acids is 1. The first-order valence-electron chi connectivity index (χ1n) is 7.52. The number of hydrogen-bond acceptors (Lipinski definition) is 4. The van der Waals surface area contributed by atoms with Crippen LogP contribution in [0, 0.1) is 0 Å². The molecule has 24 heavy (non-hydrogen) atoms. The van der Waals surface area contributed by atoms with Crippen LogP contribution in [-0.4, -0.2) is 31.3 Å². The molecule has 1 heterocycles. The fourth-order valence-electron chi connectivity index (χ4n) is 2.68. The lowest BCUT2D eigenvalue weighted by molar-refractivity contribution is -0.117. The topological polar surface area (TPSA) is 50.8 Å². The Morgan fingerprint density at radius 3 is 2.33 bits per heavy atom. The minimum atomic E-state index is -0.316. The smallest absolute Gasteiger partial charge is 0.255 e. The van der Waals surface area contributed by atoms with Crippen LogP contribution in [0.5, 0.6) is 11.5 Å². The predicted octanol–water partition coefficient (Wildman–Crippen LogP) is 2.98. The summed E-state index contributed by atoms with van der Waals surface area (Å²) in [4.78, 5) is 13.9. The molecule has 124 valence electrons. The van der Waals surface area contributed by atoms with Crippen LogP contribution in [0.2, 0.25) is 0 Å². The summed E-state index contributed by atoms with van der Waals surface area (Å²) in [6, 6.07) is 12.9. The number of amides is 1. The van der Waals surface area contributed by atoms with Crippen molar-refractivity contribution in [2.75, 3.05) is 19.1 Å². The molecule has 1 unspecified atom stereocenters. The van der Waals surface area contributed by atoms with Crippen molar-refractivity contribution in [3.05, 3.63) is 42.5 Å². The van der Waals surface area contributed by atoms with Crippen LogP contribution in [0.4, 0.5) is 5.69 Å². The first-order chi connectivity index (χ1) is 11.5. The van der Waals surface area contributed by atoms with Crippen LogP contribution in [0.1, 0.15) is 6.92 Å². The minimum absolute atomic E-state index is 0.0640. The molecule has 5 nitrogen and oxygen atoms in total. The van der Waals surface area contributed by atoms with Gasteiger partial charge in [0.05, 0.1) is 19.9 Å². The molecule has 6 heteroatoms. The minimum Gasteiger partial charge on any atom is -0.497 e. The number of ether oxygens (including phenoxy) is 2. The molecule has 1 saturated heterocycles. The summed E-state index contributed by atoms with van der Waals surface area (Å²) in [6.45, 7) is 1.79. The molecule has 0 bridgehead atoms. The van der Waals surface area contributed by atoms with Crippen molar-refractivity contribution in [1.82, 2.24) is 5.32 Å². The molecule has 3 rings (SSSR count). The standard InChI is InChI=1S/C18H18N2O3S/c1-11-17(21)20(18(24)19-11)13-6-9-16(23-3)15(10-13)12-4-7-14(22-2)8-5-12/h4-11H,1-3H3,(H,19,24). The Labute approximate surface area is 146 Å². The summed E-state index contributed by atoms with van der Waals surface area (Å²) in [5.74, 6) is 1.44. The highest BCUT2D eigenvalue weighted by Gasteiger charge is 2.33. The van der Waals surface area contributed by atoms with Crippen LogP contribution < -0.4 is 19.7 Å². The van der Waals surface area contributed by atoms with E-state index in [-0.39, 0.29) is 11.9 Å². The lowest BCUT2D eigenvalue weighted by atomic mass is 10.0. The molecule has 0 saturated carbocycles. The maximum Gasteiger partial charge on any atom is 0.255 e. The van der Waals surface area contributed by atoms with E-state index in [1.807, 2.05) is 42.5 Å². The Bertz CT molecular complexity index is 789. The highest BCUT2D eigenvalue weighted by Crippen LogP contribution is 2.35. The van der Waals surface area contributed by atoms with Crippen molar-refractivity contribution in [1.29, 1.82) is 0 Å². The van der Waals surface area contributed by atoms with E-state index in [1.165, 1.54) is 4.90 Å². The number of nitrogens with one attached hydrogen (secondary N) is 1. The van der Waals surface area contributed by atoms with Gasteiger partial charge in [0.15, 0.2) is 5.11 Å². The number of carbonyl (C=O) groups is 1. The molecular weight excluding hydrogens is 324 g/mol. The highest BCUT2D eigenvalue weighted by molar-refractivity contribution is 7.80. The average molecular weight is 342 g/mol. The summed E-state index contributed by atoms with van der Waals surface area (Å²) < 4.78 is 10.7. The highest BCUT2D eigenvalue weighted by atomic mass is 32.1. The van der Waals surface area contributed by atoms with Crippen LogP contribution in [0.25, 0.3) is 11.1 Å². The van der Waals surface area contributed by atoms with Gasteiger partial charge < -0.3 is 14.8 Å². The van der Waals surface area contributed by atoms with Gasteiger partial charge in [-0.05, 0) is 55.0 Å². The van der Waals surface area contributed by atoms with Gasteiger partial charge in [0.2, 0.25) is 0 Å². The number of benzene rings is 2. The van der Waals surface area contributed by atoms with E-state index in [9.17, 15) is 4.79 Å². The van der Waals surface area contributed by atoms with Gasteiger partial charge in [0, 0.05) is 5.56 Å². The summed E-state index contributed by atoms with van der Waals surface area (Å²) in [5, 5.41) is 3.39. The van der Waals surface area contributed by atoms with E-state index in [2.05, 4.69) is 5.32 Å². The van der Waals surface area contributed by atoms with E-state index in [4.69, 9.17) is 21.7 Å². The Morgan fingerprint density at radius 1 is 1.08 bits per heavy atom. The number of methoxy groups -OCH3 is 2. The number of thiocarbonyl (C=S) groups is 1. The van der Waals surface area contributed by atoms with Crippen LogP contribution in [0.3, 0.4) is 0 Å². The summed E-state index contributed by atoms with van der Waals surface area (Å²) in [6.07, 6.45) is 0. The molecule has 1 aliphatic heterocycles. The van der Waals surface area contributed by atoms with Crippen LogP contribution >= 0.6 is 12.2 Å². The first kappa shape index (κ1) is 16.3. The van der Waals surface area contributed by atoms with Crippen molar-refractivity contribution < 1.29 is 14.3 Å². The number of anilines is 1. The molecule has 0 radical (unpaired) electrons. The van der Waals surface area contributed by atoms with Gasteiger partial charge in [-0.2, -0.15) is 0 Å². The summed E-state index contributed by atoms with van der Waals surface area (Å²) in [5.41, 5.74) is 2.56. The number of nitrogens with zero attached hydrogens (tertiary/aromatic N) is 1. The fourth-order valence-corrected chi connectivity index (χ4v) is 3.05. The van der Waals surface area contributed by atoms with Crippen molar-refractivity contribution in [3.63, 3.8) is 0 Å². The van der Waals surface area contributed by atoms with Gasteiger partial charge in [-0.1, -0.05) is 12.1 Å². The molecule has 1 aliphatic rings. The Hall–Kier alpha value is -2.60. The second kappa shape index (κ2) is 6.49. The second-order valence-electron chi connectivity index (χ2n) is 5.46. The fraction of sp³-hybridized carbons (Fsp3) is 0.222. The quantitative estimate of drug-likeness (QED) is 0.866. The third kappa shape index (κ3) is 2.80. The van der Waals surface area contributed by atoms with Gasteiger partial charge in [-0.3, -0.25) is 9.69 Å². The molecule has 1 amide bonds. The SMILES string of the molecule is COc1ccc(-c2cc(N3C(=O)C(C)NC3=S)ccc2OC)cc1. The van der Waals surface area contributed by atoms with Crippen molar-refractivity contribution in [2.24, 2.45) is 0 Å². The van der Waals surface area contributed by atoms with Gasteiger partial charge in [-0.15, -0.1) is 0 Å². The Kier molecular flexibility index (Phi) is 4.40. The maximum absolute atomic E-state index is 12.3. The second-order valence-corrected chi connectivity index (χ2v) is 5.84. The zero-order valence-electron chi connectivity index (χ0n) is 13.7. The monoisotopic (exact) mass is 342 g/mol. The average Bonchev–Trinajstić information content (AvgIpc) is 2.86. The van der Waals surface area contributed by atoms with Crippen LogP contribution in [-0.2, 0) is 4.79 Å². The zero-order valence-corrected chi connectivity index (χ0v) is 14.5. The maximum atomic E-state index is 12.3. The van der Waals surface area contributed by atoms with E-state index in [0.717, 1.165) is 22.6 Å². The van der Waals surface area contributed by atoms with Crippen LogP contribution in [0.15, 0.2) is 42.5 Å². The number of hydrogen-bond donors (Lipinski definition) is 1. The summed E-state index contributed by atoms with van der Waals surface area (Å²) in [7, 11) is 3.25. The van der Waals surface area contributed by atoms with E-state index < -0.39 is 0 Å². The molecule has 2 aromatic carbocycles. The molecule has 2 aromatic rings. The van der Waals surface area contributed by atoms with Gasteiger partial charge in [0.1, 0.15) is 17.5 Å². The summed E-state index contributed by atoms with van der Waals surface area (Å²) >= 11 is 5.28. The lowest BCUT2D eigenvalue weighted by Crippen LogP contribution is -2.30. The zero-order chi connectivity index (χ0) is 17.3. The van der Waals surface area contributed by atoms with Gasteiger partial charge in [0.25, 0.3) is 5.91 Å². The lowest BCUT2D eigenvalue weighted by Gasteiger charge is -2.18. The van der Waals surface area contributed by atoms with Crippen molar-refractivity contribution >= 4 is 28.9 Å². The Morgan fingerprint density at radius 2 is 1.79 bits per heavy atom. The largest absolute Gasteiger partial charge is 0.497 e. The normalized spacial score (nSPS) is 17.0. The third-order valence-corrected chi connectivity index (χ3v) is 4.28. The molecule has 1 N–H and O–H groups in total. The number of rotatable bonds is 4. The molecular formula is C18H18N2O3S. The molecule has 0 spiro atoms. The van der Waals surface area contributed by atoms with Gasteiger partial charge >= 0.3 is 0 Å². The van der Waals surface area contributed by atoms with Crippen molar-refractivity contribution in [3.8, 4) is 22.6 Å². The third-order valence-electron chi connectivity index (χ3n) is 3.98. The Balaban J connectivity index is 2.05. The first-order valence-corrected chi connectivity index (χ1v) is 7.93. The molecule has 0 aromatic heterocycles. The predicted molar refractivity (Wildman–Crippen MR) is 97.7 cm³/mol. The molecule has 0 aliphatic carbocycles. The van der Waals surface area contributed by atoms with E-state index in [0.29, 0.717) is 10.8 Å². The molecule has 1 fully saturated rings. The van der Waals surface area contributed by atoms with Crippen molar-refractivity contribution in [2.45, 2.75) is 13.0 Å². The van der Waals surface area contributed by atoms with E-state index >= 15 is 0 Å².